The van der Waals surface area contributed by atoms with Gasteiger partial charge in [0.25, 0.3) is 0 Å². The maximum Gasteiger partial charge on any atom is 1.00 e. The molecular formula is CHI2Na. The van der Waals surface area contributed by atoms with E-state index in [9.17, 15) is 0 Å². The van der Waals surface area contributed by atoms with Gasteiger partial charge >= 0.3 is 29.6 Å². The normalized spacial score (nSPS) is 4.50. The fraction of sp³-hybridized carbons (Fsp3) is 0. The summed E-state index contributed by atoms with van der Waals surface area (Å²) in [7, 11) is 0. The molecular weight excluding hydrogens is 289 g/mol. The van der Waals surface area contributed by atoms with Crippen LogP contribution in [0, 0.1) is 2.43 Å². The number of hydrogen-bond acceptors (Lipinski definition) is 0. The summed E-state index contributed by atoms with van der Waals surface area (Å²) in [6.45, 7) is 0. The third-order valence-electron chi connectivity index (χ3n) is 0. The summed E-state index contributed by atoms with van der Waals surface area (Å²) in [5, 5.41) is 0. The van der Waals surface area contributed by atoms with E-state index in [4.69, 9.17) is 0 Å². The van der Waals surface area contributed by atoms with Crippen molar-refractivity contribution in [3.8, 4) is 0 Å². The molecule has 0 radical (unpaired) electrons. The van der Waals surface area contributed by atoms with Crippen LogP contribution in [-0.4, -0.2) is 0 Å². The molecule has 0 aliphatic carbocycles. The van der Waals surface area contributed by atoms with Gasteiger partial charge in [-0.15, -0.1) is 0 Å². The van der Waals surface area contributed by atoms with Crippen LogP contribution in [0.4, 0.5) is 0 Å². The van der Waals surface area contributed by atoms with Crippen molar-refractivity contribution in [3.05, 3.63) is 2.43 Å². The molecule has 0 saturated carbocycles. The summed E-state index contributed by atoms with van der Waals surface area (Å²) in [6, 6.07) is 0. The molecule has 0 aliphatic heterocycles. The van der Waals surface area contributed by atoms with Gasteiger partial charge in [0.2, 0.25) is 0 Å². The molecule has 0 atom stereocenters. The Bertz CT molecular complexity index is 6.00. The summed E-state index contributed by atoms with van der Waals surface area (Å²) in [4.78, 5) is 0. The van der Waals surface area contributed by atoms with Crippen molar-refractivity contribution >= 4 is 45.2 Å². The van der Waals surface area contributed by atoms with Crippen molar-refractivity contribution in [2.75, 3.05) is 0 Å². The summed E-state index contributed by atoms with van der Waals surface area (Å²) >= 11 is 4.30. The Morgan fingerprint density at radius 2 is 1.25 bits per heavy atom. The quantitative estimate of drug-likeness (QED) is 0.304. The standard InChI is InChI=1S/CHI2.Na/c2-1-3;/h1H;/q-1;+1. The van der Waals surface area contributed by atoms with E-state index in [1.807, 2.05) is 2.43 Å². The van der Waals surface area contributed by atoms with Gasteiger partial charge in [0, 0.05) is 0 Å². The van der Waals surface area contributed by atoms with E-state index in [1.54, 1.807) is 0 Å². The van der Waals surface area contributed by atoms with Crippen LogP contribution in [0.2, 0.25) is 0 Å². The molecule has 0 amide bonds. The minimum atomic E-state index is 0. The predicted molar refractivity (Wildman–Crippen MR) is 32.3 cm³/mol. The second-order valence-electron chi connectivity index (χ2n) is 0.0825. The van der Waals surface area contributed by atoms with Crippen LogP contribution in [0.1, 0.15) is 0 Å². The molecule has 0 nitrogen and oxygen atoms in total. The van der Waals surface area contributed by atoms with E-state index < -0.39 is 0 Å². The van der Waals surface area contributed by atoms with Crippen LogP contribution >= 0.6 is 45.2 Å². The topological polar surface area (TPSA) is 0 Å². The van der Waals surface area contributed by atoms with Gasteiger partial charge in [-0.1, -0.05) is 0 Å². The van der Waals surface area contributed by atoms with E-state index in [0.717, 1.165) is 0 Å². The number of rotatable bonds is 0. The third-order valence-corrected chi connectivity index (χ3v) is 0. The van der Waals surface area contributed by atoms with Crippen molar-refractivity contribution in [2.24, 2.45) is 0 Å². The zero-order chi connectivity index (χ0) is 2.71. The zero-order valence-corrected chi connectivity index (χ0v) is 8.65. The fourth-order valence-corrected chi connectivity index (χ4v) is 0. The summed E-state index contributed by atoms with van der Waals surface area (Å²) in [5.41, 5.74) is 0. The van der Waals surface area contributed by atoms with Crippen molar-refractivity contribution in [1.29, 1.82) is 0 Å². The maximum absolute atomic E-state index is 2.15. The zero-order valence-electron chi connectivity index (χ0n) is 2.33. The van der Waals surface area contributed by atoms with E-state index in [1.165, 1.54) is 0 Å². The molecule has 4 heavy (non-hydrogen) atoms. The van der Waals surface area contributed by atoms with Crippen molar-refractivity contribution in [2.45, 2.75) is 0 Å². The second kappa shape index (κ2) is 9.07. The Morgan fingerprint density at radius 3 is 1.25 bits per heavy atom. The Hall–Kier alpha value is 2.46. The molecule has 20 valence electrons. The summed E-state index contributed by atoms with van der Waals surface area (Å²) in [6.07, 6.45) is 0. The Balaban J connectivity index is 0. The van der Waals surface area contributed by atoms with Gasteiger partial charge in [-0.2, -0.15) is 0 Å². The van der Waals surface area contributed by atoms with E-state index in [2.05, 4.69) is 45.2 Å². The minimum Gasteiger partial charge on any atom is -0.304 e. The van der Waals surface area contributed by atoms with Crippen LogP contribution in [0.15, 0.2) is 0 Å². The van der Waals surface area contributed by atoms with E-state index >= 15 is 0 Å². The first-order valence-corrected chi connectivity index (χ1v) is 2.93. The first-order valence-electron chi connectivity index (χ1n) is 0.436. The average Bonchev–Trinajstić information content (AvgIpc) is 0.918. The summed E-state index contributed by atoms with van der Waals surface area (Å²) in [5.74, 6) is 0. The summed E-state index contributed by atoms with van der Waals surface area (Å²) < 4.78 is 1.94. The smallest absolute Gasteiger partial charge is 0.304 e. The van der Waals surface area contributed by atoms with Gasteiger partial charge in [-0.3, -0.25) is 0 Å². The third kappa shape index (κ3) is 8.82. The van der Waals surface area contributed by atoms with Crippen LogP contribution < -0.4 is 29.6 Å². The molecule has 0 heterocycles. The van der Waals surface area contributed by atoms with Crippen LogP contribution in [0.3, 0.4) is 0 Å². The molecule has 3 heteroatoms. The van der Waals surface area contributed by atoms with Gasteiger partial charge < -0.3 is 45.2 Å². The van der Waals surface area contributed by atoms with Gasteiger partial charge in [-0.05, 0) is 0 Å². The van der Waals surface area contributed by atoms with Crippen molar-refractivity contribution in [1.82, 2.24) is 0 Å². The number of hydrogen-bond donors (Lipinski definition) is 0. The predicted octanol–water partition coefficient (Wildman–Crippen LogP) is -1.02. The van der Waals surface area contributed by atoms with E-state index in [-0.39, 0.29) is 29.6 Å². The molecule has 0 aromatic heterocycles. The SMILES string of the molecule is I[CH-]I.[Na+]. The molecule has 0 bridgehead atoms. The fourth-order valence-electron chi connectivity index (χ4n) is 0. The molecule has 0 N–H and O–H groups in total. The number of halogens is 2. The molecule has 0 aromatic rings. The Kier molecular flexibility index (Phi) is 22.0. The van der Waals surface area contributed by atoms with E-state index in [0.29, 0.717) is 0 Å². The largest absolute Gasteiger partial charge is 1.00 e. The monoisotopic (exact) mass is 290 g/mol. The molecule has 0 unspecified atom stereocenters. The molecule has 0 spiro atoms. The Labute approximate surface area is 75.7 Å². The first kappa shape index (κ1) is 9.68. The minimum absolute atomic E-state index is 0. The van der Waals surface area contributed by atoms with Gasteiger partial charge in [0.05, 0.1) is 0 Å². The molecule has 0 rings (SSSR count). The van der Waals surface area contributed by atoms with Gasteiger partial charge in [0.1, 0.15) is 0 Å². The molecule has 0 fully saturated rings. The molecule has 0 saturated heterocycles. The average molecular weight is 290 g/mol. The first-order chi connectivity index (χ1) is 1.41. The van der Waals surface area contributed by atoms with Crippen molar-refractivity contribution < 1.29 is 29.6 Å². The second-order valence-corrected chi connectivity index (χ2v) is 3.71. The van der Waals surface area contributed by atoms with Gasteiger partial charge in [0.15, 0.2) is 0 Å². The molecule has 0 aromatic carbocycles. The van der Waals surface area contributed by atoms with Gasteiger partial charge in [-0.25, -0.2) is 2.43 Å². The molecule has 0 aliphatic rings. The van der Waals surface area contributed by atoms with Crippen LogP contribution in [-0.2, 0) is 0 Å². The van der Waals surface area contributed by atoms with Crippen LogP contribution in [0.25, 0.3) is 0 Å². The Morgan fingerprint density at radius 1 is 1.25 bits per heavy atom. The maximum atomic E-state index is 2.15. The van der Waals surface area contributed by atoms with Crippen LogP contribution in [0.5, 0.6) is 0 Å². The van der Waals surface area contributed by atoms with Crippen molar-refractivity contribution in [3.63, 3.8) is 0 Å².